The van der Waals surface area contributed by atoms with Gasteiger partial charge in [-0.1, -0.05) is 13.0 Å². The average molecular weight is 346 g/mol. The van der Waals surface area contributed by atoms with Gasteiger partial charge in [-0.15, -0.1) is 0 Å². The van der Waals surface area contributed by atoms with Gasteiger partial charge in [0.2, 0.25) is 0 Å². The summed E-state index contributed by atoms with van der Waals surface area (Å²) < 4.78 is 24.4. The molecule has 126 valence electrons. The Balaban J connectivity index is 2.79. The number of hydrogen-bond donors (Lipinski definition) is 2. The van der Waals surface area contributed by atoms with E-state index in [0.717, 1.165) is 6.26 Å². The van der Waals surface area contributed by atoms with Gasteiger partial charge in [-0.05, 0) is 30.2 Å². The normalized spacial score (nSPS) is 11.1. The molecule has 1 aromatic carbocycles. The molecule has 0 bridgehead atoms. The number of sulfone groups is 1. The van der Waals surface area contributed by atoms with Gasteiger partial charge in [-0.2, -0.15) is 4.99 Å². The van der Waals surface area contributed by atoms with Crippen LogP contribution >= 0.6 is 0 Å². The largest absolute Gasteiger partial charge is 0.370 e. The van der Waals surface area contributed by atoms with Gasteiger partial charge in [0.05, 0.1) is 4.90 Å². The standard InChI is InChI=1S/C16H18N4O3S/c1-3-10-7-12(11-5-4-6-19-9-11)14(24(2,22)23)8-13(10)15(21)20-16(17)18/h4-9H,3H2,1-2H3,(H4,17,18,20,21). The lowest BCUT2D eigenvalue weighted by atomic mass is 9.98. The molecule has 0 aliphatic carbocycles. The summed E-state index contributed by atoms with van der Waals surface area (Å²) in [6, 6.07) is 6.47. The van der Waals surface area contributed by atoms with Crippen LogP contribution in [-0.2, 0) is 16.3 Å². The molecule has 1 amide bonds. The smallest absolute Gasteiger partial charge is 0.280 e. The highest BCUT2D eigenvalue weighted by atomic mass is 32.2. The maximum Gasteiger partial charge on any atom is 0.280 e. The van der Waals surface area contributed by atoms with Gasteiger partial charge in [0.25, 0.3) is 5.91 Å². The second-order valence-corrected chi connectivity index (χ2v) is 7.20. The lowest BCUT2D eigenvalue weighted by Gasteiger charge is -2.13. The SMILES string of the molecule is CCc1cc(-c2cccnc2)c(S(C)(=O)=O)cc1C(=O)N=C(N)N. The highest BCUT2D eigenvalue weighted by Crippen LogP contribution is 2.31. The number of carbonyl (C=O) groups is 1. The molecule has 1 aromatic heterocycles. The first-order chi connectivity index (χ1) is 11.2. The number of amides is 1. The number of nitrogens with zero attached hydrogens (tertiary/aromatic N) is 2. The molecule has 24 heavy (non-hydrogen) atoms. The molecule has 0 unspecified atom stereocenters. The summed E-state index contributed by atoms with van der Waals surface area (Å²) in [7, 11) is -3.58. The van der Waals surface area contributed by atoms with Crippen LogP contribution in [0.25, 0.3) is 11.1 Å². The minimum Gasteiger partial charge on any atom is -0.370 e. The molecular formula is C16H18N4O3S. The fraction of sp³-hybridized carbons (Fsp3) is 0.188. The zero-order valence-corrected chi connectivity index (χ0v) is 14.2. The number of aromatic nitrogens is 1. The molecule has 2 rings (SSSR count). The Hall–Kier alpha value is -2.74. The molecule has 2 aromatic rings. The van der Waals surface area contributed by atoms with Crippen molar-refractivity contribution in [3.63, 3.8) is 0 Å². The minimum atomic E-state index is -3.58. The average Bonchev–Trinajstić information content (AvgIpc) is 2.52. The van der Waals surface area contributed by atoms with E-state index in [-0.39, 0.29) is 16.4 Å². The molecule has 0 saturated heterocycles. The first-order valence-electron chi connectivity index (χ1n) is 7.15. The molecule has 7 nitrogen and oxygen atoms in total. The van der Waals surface area contributed by atoms with Crippen molar-refractivity contribution < 1.29 is 13.2 Å². The van der Waals surface area contributed by atoms with Crippen molar-refractivity contribution in [3.05, 3.63) is 47.8 Å². The van der Waals surface area contributed by atoms with Crippen molar-refractivity contribution in [1.82, 2.24) is 4.98 Å². The molecule has 0 aliphatic heterocycles. The summed E-state index contributed by atoms with van der Waals surface area (Å²) in [5.41, 5.74) is 12.4. The predicted molar refractivity (Wildman–Crippen MR) is 92.3 cm³/mol. The van der Waals surface area contributed by atoms with E-state index in [2.05, 4.69) is 9.98 Å². The Labute approximate surface area is 140 Å². The van der Waals surface area contributed by atoms with E-state index in [9.17, 15) is 13.2 Å². The first kappa shape index (κ1) is 17.6. The van der Waals surface area contributed by atoms with E-state index in [4.69, 9.17) is 11.5 Å². The van der Waals surface area contributed by atoms with Crippen molar-refractivity contribution in [2.24, 2.45) is 16.5 Å². The van der Waals surface area contributed by atoms with E-state index in [1.165, 1.54) is 6.07 Å². The van der Waals surface area contributed by atoms with Crippen LogP contribution in [0.3, 0.4) is 0 Å². The number of aryl methyl sites for hydroxylation is 1. The summed E-state index contributed by atoms with van der Waals surface area (Å²) >= 11 is 0. The lowest BCUT2D eigenvalue weighted by Crippen LogP contribution is -2.24. The van der Waals surface area contributed by atoms with Gasteiger partial charge < -0.3 is 11.5 Å². The number of pyridine rings is 1. The van der Waals surface area contributed by atoms with E-state index in [1.54, 1.807) is 30.6 Å². The van der Waals surface area contributed by atoms with E-state index < -0.39 is 15.7 Å². The fourth-order valence-corrected chi connectivity index (χ4v) is 3.26. The fourth-order valence-electron chi connectivity index (χ4n) is 2.35. The van der Waals surface area contributed by atoms with Crippen LogP contribution in [-0.4, -0.2) is 31.5 Å². The van der Waals surface area contributed by atoms with Gasteiger partial charge in [-0.25, -0.2) is 8.42 Å². The molecule has 0 atom stereocenters. The van der Waals surface area contributed by atoms with Crippen LogP contribution in [0.5, 0.6) is 0 Å². The van der Waals surface area contributed by atoms with Crippen molar-refractivity contribution in [2.75, 3.05) is 6.26 Å². The molecule has 0 spiro atoms. The van der Waals surface area contributed by atoms with Crippen molar-refractivity contribution in [2.45, 2.75) is 18.2 Å². The number of carbonyl (C=O) groups excluding carboxylic acids is 1. The summed E-state index contributed by atoms with van der Waals surface area (Å²) in [6.45, 7) is 1.86. The maximum absolute atomic E-state index is 12.2. The van der Waals surface area contributed by atoms with E-state index >= 15 is 0 Å². The molecule has 0 radical (unpaired) electrons. The van der Waals surface area contributed by atoms with Gasteiger partial charge in [0.15, 0.2) is 15.8 Å². The third kappa shape index (κ3) is 3.77. The molecular weight excluding hydrogens is 328 g/mol. The molecule has 1 heterocycles. The van der Waals surface area contributed by atoms with Crippen LogP contribution < -0.4 is 11.5 Å². The quantitative estimate of drug-likeness (QED) is 0.631. The molecule has 0 saturated carbocycles. The van der Waals surface area contributed by atoms with Crippen molar-refractivity contribution in [3.8, 4) is 11.1 Å². The summed E-state index contributed by atoms with van der Waals surface area (Å²) in [4.78, 5) is 19.8. The topological polar surface area (TPSA) is 128 Å². The monoisotopic (exact) mass is 346 g/mol. The van der Waals surface area contributed by atoms with Crippen molar-refractivity contribution >= 4 is 21.7 Å². The molecule has 8 heteroatoms. The number of nitrogens with two attached hydrogens (primary N) is 2. The highest BCUT2D eigenvalue weighted by Gasteiger charge is 2.21. The Kier molecular flexibility index (Phi) is 4.99. The van der Waals surface area contributed by atoms with E-state index in [1.807, 2.05) is 6.92 Å². The minimum absolute atomic E-state index is 0.0295. The van der Waals surface area contributed by atoms with Crippen LogP contribution in [0.15, 0.2) is 46.5 Å². The number of rotatable bonds is 4. The van der Waals surface area contributed by atoms with Crippen LogP contribution in [0.4, 0.5) is 0 Å². The van der Waals surface area contributed by atoms with Gasteiger partial charge in [0, 0.05) is 35.3 Å². The summed E-state index contributed by atoms with van der Waals surface area (Å²) in [6.07, 6.45) is 4.77. The third-order valence-electron chi connectivity index (χ3n) is 3.42. The highest BCUT2D eigenvalue weighted by molar-refractivity contribution is 7.90. The second-order valence-electron chi connectivity index (χ2n) is 5.21. The number of hydrogen-bond acceptors (Lipinski definition) is 4. The summed E-state index contributed by atoms with van der Waals surface area (Å²) in [5.74, 6) is -1.05. The van der Waals surface area contributed by atoms with Gasteiger partial charge >= 0.3 is 0 Å². The third-order valence-corrected chi connectivity index (χ3v) is 4.56. The zero-order chi connectivity index (χ0) is 17.9. The first-order valence-corrected chi connectivity index (χ1v) is 9.04. The van der Waals surface area contributed by atoms with Gasteiger partial charge in [-0.3, -0.25) is 9.78 Å². The molecule has 0 aliphatic rings. The maximum atomic E-state index is 12.2. The van der Waals surface area contributed by atoms with Crippen molar-refractivity contribution in [1.29, 1.82) is 0 Å². The second kappa shape index (κ2) is 6.79. The van der Waals surface area contributed by atoms with E-state index in [0.29, 0.717) is 23.1 Å². The predicted octanol–water partition coefficient (Wildman–Crippen LogP) is 1.13. The Bertz CT molecular complexity index is 902. The van der Waals surface area contributed by atoms with Crippen LogP contribution in [0, 0.1) is 0 Å². The van der Waals surface area contributed by atoms with Crippen LogP contribution in [0.2, 0.25) is 0 Å². The number of guanidine groups is 1. The molecule has 0 fully saturated rings. The number of aliphatic imine (C=N–C) groups is 1. The van der Waals surface area contributed by atoms with Gasteiger partial charge in [0.1, 0.15) is 0 Å². The zero-order valence-electron chi connectivity index (χ0n) is 13.4. The molecule has 4 N–H and O–H groups in total. The van der Waals surface area contributed by atoms with Crippen LogP contribution in [0.1, 0.15) is 22.8 Å². The Morgan fingerprint density at radius 1 is 1.29 bits per heavy atom. The Morgan fingerprint density at radius 2 is 2.00 bits per heavy atom. The Morgan fingerprint density at radius 3 is 2.50 bits per heavy atom. The lowest BCUT2D eigenvalue weighted by molar-refractivity contribution is 0.100. The number of benzene rings is 1. The summed E-state index contributed by atoms with van der Waals surface area (Å²) in [5, 5.41) is 0.